The zero-order valence-electron chi connectivity index (χ0n) is 14.0. The van der Waals surface area contributed by atoms with Gasteiger partial charge in [0.1, 0.15) is 11.6 Å². The molecule has 25 heavy (non-hydrogen) atoms. The normalized spacial score (nSPS) is 14.5. The minimum atomic E-state index is -0.497. The van der Waals surface area contributed by atoms with Crippen LogP contribution in [0.4, 0.5) is 10.1 Å². The Morgan fingerprint density at radius 3 is 2.56 bits per heavy atom. The van der Waals surface area contributed by atoms with E-state index in [1.165, 1.54) is 12.1 Å². The minimum Gasteiger partial charge on any atom is -0.492 e. The topological polar surface area (TPSA) is 32.8 Å². The monoisotopic (exact) mass is 406 g/mol. The maximum atomic E-state index is 14.0. The number of nitrogens with zero attached hydrogens (tertiary/aromatic N) is 2. The van der Waals surface area contributed by atoms with Gasteiger partial charge >= 0.3 is 0 Å². The Hall–Kier alpha value is -2.08. The minimum absolute atomic E-state index is 0.117. The molecular weight excluding hydrogens is 387 g/mol. The van der Waals surface area contributed by atoms with Crippen LogP contribution < -0.4 is 9.64 Å². The second-order valence-electron chi connectivity index (χ2n) is 5.80. The lowest BCUT2D eigenvalue weighted by atomic mass is 10.1. The number of para-hydroxylation sites is 2. The van der Waals surface area contributed by atoms with Gasteiger partial charge < -0.3 is 14.5 Å². The lowest BCUT2D eigenvalue weighted by molar-refractivity contribution is 0.0742. The average molecular weight is 407 g/mol. The predicted molar refractivity (Wildman–Crippen MR) is 99.8 cm³/mol. The number of ether oxygens (including phenoxy) is 1. The molecule has 0 saturated carbocycles. The van der Waals surface area contributed by atoms with Crippen molar-refractivity contribution in [3.05, 3.63) is 58.3 Å². The molecule has 6 heteroatoms. The number of carbonyl (C=O) groups is 1. The first-order chi connectivity index (χ1) is 12.1. The summed E-state index contributed by atoms with van der Waals surface area (Å²) in [4.78, 5) is 16.5. The van der Waals surface area contributed by atoms with Crippen LogP contribution in [0.3, 0.4) is 0 Å². The maximum Gasteiger partial charge on any atom is 0.256 e. The number of carbonyl (C=O) groups excluding carboxylic acids is 1. The molecule has 1 aliphatic heterocycles. The van der Waals surface area contributed by atoms with E-state index in [2.05, 4.69) is 20.8 Å². The SMILES string of the molecule is CCOc1ccccc1N1CCN(C(=O)c2ccc(Br)cc2F)CC1. The number of piperazine rings is 1. The molecule has 0 spiro atoms. The summed E-state index contributed by atoms with van der Waals surface area (Å²) in [5.41, 5.74) is 1.15. The molecule has 1 amide bonds. The van der Waals surface area contributed by atoms with Crippen molar-refractivity contribution in [1.82, 2.24) is 4.90 Å². The number of hydrogen-bond acceptors (Lipinski definition) is 3. The molecule has 1 aliphatic rings. The van der Waals surface area contributed by atoms with Gasteiger partial charge in [0.25, 0.3) is 5.91 Å². The van der Waals surface area contributed by atoms with Gasteiger partial charge in [0.2, 0.25) is 0 Å². The van der Waals surface area contributed by atoms with Crippen molar-refractivity contribution in [2.45, 2.75) is 6.92 Å². The third kappa shape index (κ3) is 3.95. The molecule has 0 unspecified atom stereocenters. The molecule has 0 radical (unpaired) electrons. The van der Waals surface area contributed by atoms with E-state index in [1.807, 2.05) is 31.2 Å². The number of amides is 1. The largest absolute Gasteiger partial charge is 0.492 e. The van der Waals surface area contributed by atoms with Crippen molar-refractivity contribution < 1.29 is 13.9 Å². The van der Waals surface area contributed by atoms with E-state index in [-0.39, 0.29) is 11.5 Å². The van der Waals surface area contributed by atoms with Crippen LogP contribution in [0.25, 0.3) is 0 Å². The van der Waals surface area contributed by atoms with E-state index in [4.69, 9.17) is 4.74 Å². The molecular formula is C19H20BrFN2O2. The van der Waals surface area contributed by atoms with Crippen LogP contribution in [0.5, 0.6) is 5.75 Å². The van der Waals surface area contributed by atoms with Crippen LogP contribution in [0, 0.1) is 5.82 Å². The summed E-state index contributed by atoms with van der Waals surface area (Å²) in [5, 5.41) is 0. The maximum absolute atomic E-state index is 14.0. The molecule has 2 aromatic rings. The Morgan fingerprint density at radius 1 is 1.16 bits per heavy atom. The molecule has 4 nitrogen and oxygen atoms in total. The molecule has 0 N–H and O–H groups in total. The fourth-order valence-electron chi connectivity index (χ4n) is 2.98. The van der Waals surface area contributed by atoms with Crippen molar-refractivity contribution in [3.8, 4) is 5.75 Å². The molecule has 3 rings (SSSR count). The van der Waals surface area contributed by atoms with Gasteiger partial charge in [0.05, 0.1) is 17.9 Å². The molecule has 0 atom stereocenters. The standard InChI is InChI=1S/C19H20BrFN2O2/c1-2-25-18-6-4-3-5-17(18)22-9-11-23(12-10-22)19(24)15-8-7-14(20)13-16(15)21/h3-8,13H,2,9-12H2,1H3. The summed E-state index contributed by atoms with van der Waals surface area (Å²) in [6.45, 7) is 5.05. The van der Waals surface area contributed by atoms with Crippen LogP contribution in [0.15, 0.2) is 46.9 Å². The Bertz CT molecular complexity index is 761. The van der Waals surface area contributed by atoms with Gasteiger partial charge in [-0.3, -0.25) is 4.79 Å². The zero-order chi connectivity index (χ0) is 17.8. The van der Waals surface area contributed by atoms with Crippen LogP contribution in [-0.2, 0) is 0 Å². The van der Waals surface area contributed by atoms with E-state index >= 15 is 0 Å². The first-order valence-electron chi connectivity index (χ1n) is 8.31. The lowest BCUT2D eigenvalue weighted by Gasteiger charge is -2.36. The number of anilines is 1. The highest BCUT2D eigenvalue weighted by Crippen LogP contribution is 2.29. The van der Waals surface area contributed by atoms with E-state index in [0.29, 0.717) is 37.3 Å². The fraction of sp³-hybridized carbons (Fsp3) is 0.316. The van der Waals surface area contributed by atoms with Gasteiger partial charge in [-0.1, -0.05) is 28.1 Å². The second-order valence-corrected chi connectivity index (χ2v) is 6.72. The highest BCUT2D eigenvalue weighted by Gasteiger charge is 2.25. The van der Waals surface area contributed by atoms with Crippen molar-refractivity contribution in [2.24, 2.45) is 0 Å². The highest BCUT2D eigenvalue weighted by molar-refractivity contribution is 9.10. The molecule has 1 heterocycles. The highest BCUT2D eigenvalue weighted by atomic mass is 79.9. The van der Waals surface area contributed by atoms with Gasteiger partial charge in [-0.2, -0.15) is 0 Å². The van der Waals surface area contributed by atoms with Crippen molar-refractivity contribution in [3.63, 3.8) is 0 Å². The van der Waals surface area contributed by atoms with Crippen LogP contribution >= 0.6 is 15.9 Å². The summed E-state index contributed by atoms with van der Waals surface area (Å²) >= 11 is 3.21. The number of hydrogen-bond donors (Lipinski definition) is 0. The molecule has 0 bridgehead atoms. The number of rotatable bonds is 4. The fourth-order valence-corrected chi connectivity index (χ4v) is 3.31. The van der Waals surface area contributed by atoms with E-state index in [1.54, 1.807) is 11.0 Å². The van der Waals surface area contributed by atoms with Crippen LogP contribution in [0.2, 0.25) is 0 Å². The molecule has 1 saturated heterocycles. The summed E-state index contributed by atoms with van der Waals surface area (Å²) in [7, 11) is 0. The van der Waals surface area contributed by atoms with E-state index in [0.717, 1.165) is 11.4 Å². The molecule has 132 valence electrons. The van der Waals surface area contributed by atoms with Gasteiger partial charge in [0, 0.05) is 30.7 Å². The average Bonchev–Trinajstić information content (AvgIpc) is 2.62. The Kier molecular flexibility index (Phi) is 5.58. The summed E-state index contributed by atoms with van der Waals surface area (Å²) in [5.74, 6) is 0.0926. The van der Waals surface area contributed by atoms with Crippen LogP contribution in [-0.4, -0.2) is 43.6 Å². The van der Waals surface area contributed by atoms with E-state index in [9.17, 15) is 9.18 Å². The second kappa shape index (κ2) is 7.87. The molecule has 0 aliphatic carbocycles. The molecule has 1 fully saturated rings. The molecule has 2 aromatic carbocycles. The van der Waals surface area contributed by atoms with E-state index < -0.39 is 5.82 Å². The van der Waals surface area contributed by atoms with Crippen LogP contribution in [0.1, 0.15) is 17.3 Å². The van der Waals surface area contributed by atoms with Crippen molar-refractivity contribution >= 4 is 27.5 Å². The van der Waals surface area contributed by atoms with Crippen molar-refractivity contribution in [1.29, 1.82) is 0 Å². The molecule has 0 aromatic heterocycles. The first kappa shape index (κ1) is 17.7. The summed E-state index contributed by atoms with van der Waals surface area (Å²) in [6.07, 6.45) is 0. The number of halogens is 2. The Balaban J connectivity index is 1.69. The zero-order valence-corrected chi connectivity index (χ0v) is 15.6. The third-order valence-electron chi connectivity index (χ3n) is 4.23. The van der Waals surface area contributed by atoms with Crippen molar-refractivity contribution in [2.75, 3.05) is 37.7 Å². The summed E-state index contributed by atoms with van der Waals surface area (Å²) < 4.78 is 20.3. The quantitative estimate of drug-likeness (QED) is 0.770. The predicted octanol–water partition coefficient (Wildman–Crippen LogP) is 3.95. The van der Waals surface area contributed by atoms with Gasteiger partial charge in [-0.25, -0.2) is 4.39 Å². The van der Waals surface area contributed by atoms with Gasteiger partial charge in [0.15, 0.2) is 0 Å². The third-order valence-corrected chi connectivity index (χ3v) is 4.73. The van der Waals surface area contributed by atoms with Gasteiger partial charge in [-0.15, -0.1) is 0 Å². The Morgan fingerprint density at radius 2 is 1.88 bits per heavy atom. The lowest BCUT2D eigenvalue weighted by Crippen LogP contribution is -2.49. The first-order valence-corrected chi connectivity index (χ1v) is 9.10. The Labute approximate surface area is 155 Å². The van der Waals surface area contributed by atoms with Gasteiger partial charge in [-0.05, 0) is 37.3 Å². The summed E-state index contributed by atoms with van der Waals surface area (Å²) in [6, 6.07) is 12.4. The number of benzene rings is 2. The smallest absolute Gasteiger partial charge is 0.256 e.